The van der Waals surface area contributed by atoms with Gasteiger partial charge in [-0.05, 0) is 61.1 Å². The molecule has 30 heavy (non-hydrogen) atoms. The Morgan fingerprint density at radius 2 is 1.73 bits per heavy atom. The molecule has 0 radical (unpaired) electrons. The molecule has 2 aromatic carbocycles. The smallest absolute Gasteiger partial charge is 0.275 e. The highest BCUT2D eigenvalue weighted by atomic mass is 16.1. The Morgan fingerprint density at radius 3 is 2.63 bits per heavy atom. The van der Waals surface area contributed by atoms with Gasteiger partial charge in [0.2, 0.25) is 5.91 Å². The number of carbonyl (C=O) groups excluding carboxylic acids is 1. The Balaban J connectivity index is 1.30. The minimum absolute atomic E-state index is 0.0136. The lowest BCUT2D eigenvalue weighted by Gasteiger charge is -2.26. The van der Waals surface area contributed by atoms with E-state index in [1.807, 2.05) is 53.1 Å². The van der Waals surface area contributed by atoms with Gasteiger partial charge in [0.1, 0.15) is 5.52 Å². The number of hydrogen-bond acceptors (Lipinski definition) is 2. The van der Waals surface area contributed by atoms with Crippen molar-refractivity contribution in [3.05, 3.63) is 88.3 Å². The predicted octanol–water partition coefficient (Wildman–Crippen LogP) is 4.23. The number of benzene rings is 2. The number of nitrogens with one attached hydrogen (secondary N) is 1. The van der Waals surface area contributed by atoms with Crippen molar-refractivity contribution in [2.24, 2.45) is 0 Å². The number of rotatable bonds is 5. The molecule has 0 fully saturated rings. The Kier molecular flexibility index (Phi) is 4.87. The molecule has 0 spiro atoms. The van der Waals surface area contributed by atoms with Crippen LogP contribution in [0.25, 0.3) is 16.6 Å². The van der Waals surface area contributed by atoms with Crippen LogP contribution in [-0.2, 0) is 17.8 Å². The molecule has 0 bridgehead atoms. The molecule has 5 rings (SSSR count). The van der Waals surface area contributed by atoms with Crippen molar-refractivity contribution in [3.8, 4) is 0 Å². The summed E-state index contributed by atoms with van der Waals surface area (Å²) in [5, 5.41) is 3.21. The number of aromatic nitrogens is 2. The van der Waals surface area contributed by atoms with E-state index >= 15 is 0 Å². The van der Waals surface area contributed by atoms with E-state index in [0.717, 1.165) is 30.3 Å². The average molecular weight is 399 g/mol. The normalized spacial score (nSPS) is 15.9. The molecule has 152 valence electrons. The lowest BCUT2D eigenvalue weighted by molar-refractivity contribution is -0.122. The van der Waals surface area contributed by atoms with Crippen LogP contribution in [0.4, 0.5) is 0 Å². The molecule has 5 nitrogen and oxygen atoms in total. The summed E-state index contributed by atoms with van der Waals surface area (Å²) < 4.78 is 3.73. The van der Waals surface area contributed by atoms with Gasteiger partial charge < -0.3 is 14.3 Å². The zero-order chi connectivity index (χ0) is 20.5. The van der Waals surface area contributed by atoms with Crippen LogP contribution in [0.3, 0.4) is 0 Å². The second-order valence-electron chi connectivity index (χ2n) is 8.02. The van der Waals surface area contributed by atoms with Gasteiger partial charge in [-0.15, -0.1) is 0 Å². The first-order valence-corrected chi connectivity index (χ1v) is 10.7. The number of amides is 1. The van der Waals surface area contributed by atoms with E-state index < -0.39 is 0 Å². The van der Waals surface area contributed by atoms with Gasteiger partial charge in [0.15, 0.2) is 0 Å². The number of nitrogens with zero attached hydrogens (tertiary/aromatic N) is 2. The van der Waals surface area contributed by atoms with Crippen LogP contribution < -0.4 is 10.9 Å². The van der Waals surface area contributed by atoms with E-state index in [1.165, 1.54) is 11.1 Å². The highest BCUT2D eigenvalue weighted by Crippen LogP contribution is 2.29. The Hall–Kier alpha value is -3.34. The summed E-state index contributed by atoms with van der Waals surface area (Å²) in [5.74, 6) is 0.0535. The maximum atomic E-state index is 13.0. The van der Waals surface area contributed by atoms with Gasteiger partial charge in [0, 0.05) is 19.2 Å². The van der Waals surface area contributed by atoms with Crippen LogP contribution >= 0.6 is 0 Å². The van der Waals surface area contributed by atoms with Gasteiger partial charge in [0.05, 0.1) is 17.1 Å². The maximum Gasteiger partial charge on any atom is 0.275 e. The predicted molar refractivity (Wildman–Crippen MR) is 119 cm³/mol. The summed E-state index contributed by atoms with van der Waals surface area (Å²) in [7, 11) is 0. The van der Waals surface area contributed by atoms with E-state index in [9.17, 15) is 9.59 Å². The third-order valence-corrected chi connectivity index (χ3v) is 6.14. The summed E-state index contributed by atoms with van der Waals surface area (Å²) in [6.07, 6.45) is 6.12. The quantitative estimate of drug-likeness (QED) is 0.546. The van der Waals surface area contributed by atoms with Crippen molar-refractivity contribution in [1.82, 2.24) is 14.3 Å². The molecule has 2 heterocycles. The van der Waals surface area contributed by atoms with Crippen molar-refractivity contribution in [2.45, 2.75) is 44.7 Å². The fraction of sp³-hybridized carbons (Fsp3) is 0.280. The molecule has 5 heteroatoms. The van der Waals surface area contributed by atoms with Crippen LogP contribution in [0.15, 0.2) is 71.7 Å². The van der Waals surface area contributed by atoms with Crippen LogP contribution in [0.2, 0.25) is 0 Å². The highest BCUT2D eigenvalue weighted by molar-refractivity contribution is 5.79. The first-order valence-electron chi connectivity index (χ1n) is 10.7. The topological polar surface area (TPSA) is 55.5 Å². The molecule has 1 aliphatic carbocycles. The number of hydrogen-bond donors (Lipinski definition) is 1. The third-order valence-electron chi connectivity index (χ3n) is 6.14. The van der Waals surface area contributed by atoms with E-state index in [2.05, 4.69) is 23.5 Å². The number of carbonyl (C=O) groups is 1. The number of aryl methyl sites for hydroxylation is 2. The first kappa shape index (κ1) is 18.7. The minimum atomic E-state index is -0.0136. The highest BCUT2D eigenvalue weighted by Gasteiger charge is 2.21. The second kappa shape index (κ2) is 7.82. The Morgan fingerprint density at radius 1 is 0.967 bits per heavy atom. The van der Waals surface area contributed by atoms with Crippen molar-refractivity contribution in [3.63, 3.8) is 0 Å². The molecule has 1 amide bonds. The monoisotopic (exact) mass is 399 g/mol. The van der Waals surface area contributed by atoms with Gasteiger partial charge in [-0.2, -0.15) is 0 Å². The maximum absolute atomic E-state index is 13.0. The summed E-state index contributed by atoms with van der Waals surface area (Å²) in [6.45, 7) is 0.524. The van der Waals surface area contributed by atoms with Gasteiger partial charge >= 0.3 is 0 Å². The number of para-hydroxylation sites is 2. The fourth-order valence-electron chi connectivity index (χ4n) is 4.70. The van der Waals surface area contributed by atoms with Gasteiger partial charge in [-0.25, -0.2) is 0 Å². The van der Waals surface area contributed by atoms with Crippen molar-refractivity contribution < 1.29 is 4.79 Å². The van der Waals surface area contributed by atoms with Crippen molar-refractivity contribution >= 4 is 22.5 Å². The Labute approximate surface area is 175 Å². The zero-order valence-electron chi connectivity index (χ0n) is 16.9. The molecule has 0 unspecified atom stereocenters. The lowest BCUT2D eigenvalue weighted by Crippen LogP contribution is -2.31. The SMILES string of the molecule is O=C(CCCn1c(=O)c2cccn2c2ccccc21)N[C@H]1CCCc2ccccc21. The molecule has 1 aliphatic rings. The molecule has 1 N–H and O–H groups in total. The molecule has 0 aliphatic heterocycles. The second-order valence-corrected chi connectivity index (χ2v) is 8.02. The minimum Gasteiger partial charge on any atom is -0.349 e. The van der Waals surface area contributed by atoms with Gasteiger partial charge in [0.25, 0.3) is 5.56 Å². The molecular weight excluding hydrogens is 374 g/mol. The van der Waals surface area contributed by atoms with Crippen LogP contribution in [0.1, 0.15) is 42.9 Å². The molecule has 1 atom stereocenters. The third kappa shape index (κ3) is 3.30. The van der Waals surface area contributed by atoms with Crippen molar-refractivity contribution in [2.75, 3.05) is 0 Å². The van der Waals surface area contributed by atoms with E-state index in [1.54, 1.807) is 4.57 Å². The fourth-order valence-corrected chi connectivity index (χ4v) is 4.70. The van der Waals surface area contributed by atoms with E-state index in [4.69, 9.17) is 0 Å². The largest absolute Gasteiger partial charge is 0.349 e. The summed E-state index contributed by atoms with van der Waals surface area (Å²) in [5.41, 5.74) is 5.14. The summed E-state index contributed by atoms with van der Waals surface area (Å²) >= 11 is 0. The lowest BCUT2D eigenvalue weighted by atomic mass is 9.87. The van der Waals surface area contributed by atoms with E-state index in [-0.39, 0.29) is 17.5 Å². The summed E-state index contributed by atoms with van der Waals surface area (Å²) in [4.78, 5) is 25.6. The van der Waals surface area contributed by atoms with Crippen LogP contribution in [0.5, 0.6) is 0 Å². The zero-order valence-corrected chi connectivity index (χ0v) is 16.9. The molecule has 2 aromatic heterocycles. The first-order chi connectivity index (χ1) is 14.7. The van der Waals surface area contributed by atoms with Gasteiger partial charge in [-0.1, -0.05) is 36.4 Å². The molecule has 4 aromatic rings. The van der Waals surface area contributed by atoms with E-state index in [0.29, 0.717) is 24.9 Å². The average Bonchev–Trinajstić information content (AvgIpc) is 3.27. The van der Waals surface area contributed by atoms with Gasteiger partial charge in [-0.3, -0.25) is 9.59 Å². The van der Waals surface area contributed by atoms with Crippen LogP contribution in [-0.4, -0.2) is 14.9 Å². The summed E-state index contributed by atoms with van der Waals surface area (Å²) in [6, 6.07) is 20.1. The standard InChI is InChI=1S/C25H25N3O2/c29-24(26-20-11-5-9-18-8-1-2-10-19(18)20)15-7-17-28-22-13-4-3-12-21(22)27-16-6-14-23(27)25(28)30/h1-4,6,8,10,12-14,16,20H,5,7,9,11,15,17H2,(H,26,29)/t20-/m0/s1. The molecule has 0 saturated carbocycles. The molecular formula is C25H25N3O2. The van der Waals surface area contributed by atoms with Crippen LogP contribution in [0, 0.1) is 0 Å². The number of fused-ring (bicyclic) bond motifs is 4. The molecule has 0 saturated heterocycles. The van der Waals surface area contributed by atoms with Crippen molar-refractivity contribution in [1.29, 1.82) is 0 Å². The Bertz CT molecular complexity index is 1280.